The zero-order valence-electron chi connectivity index (χ0n) is 15.7. The Morgan fingerprint density at radius 3 is 2.57 bits per heavy atom. The fourth-order valence-corrected chi connectivity index (χ4v) is 2.98. The van der Waals surface area contributed by atoms with Gasteiger partial charge in [-0.05, 0) is 25.0 Å². The largest absolute Gasteiger partial charge is 0.455 e. The van der Waals surface area contributed by atoms with Gasteiger partial charge in [-0.15, -0.1) is 0 Å². The summed E-state index contributed by atoms with van der Waals surface area (Å²) >= 11 is 0. The van der Waals surface area contributed by atoms with Gasteiger partial charge in [-0.3, -0.25) is 14.4 Å². The molecule has 8 nitrogen and oxygen atoms in total. The summed E-state index contributed by atoms with van der Waals surface area (Å²) in [5, 5.41) is 2.58. The van der Waals surface area contributed by atoms with E-state index in [9.17, 15) is 27.6 Å². The van der Waals surface area contributed by atoms with Gasteiger partial charge in [0.2, 0.25) is 6.79 Å². The Morgan fingerprint density at radius 2 is 1.87 bits per heavy atom. The average Bonchev–Trinajstić information content (AvgIpc) is 3.17. The number of alkyl halides is 3. The highest BCUT2D eigenvalue weighted by molar-refractivity contribution is 5.94. The number of hydrogen-bond acceptors (Lipinski definition) is 7. The number of esters is 1. The van der Waals surface area contributed by atoms with Crippen molar-refractivity contribution in [2.45, 2.75) is 19.0 Å². The van der Waals surface area contributed by atoms with Gasteiger partial charge in [-0.1, -0.05) is 0 Å². The summed E-state index contributed by atoms with van der Waals surface area (Å²) in [6.07, 6.45) is -2.67. The maximum absolute atomic E-state index is 12.2. The molecule has 0 aliphatic carbocycles. The number of carbonyl (C=O) groups excluding carboxylic acids is 3. The van der Waals surface area contributed by atoms with Crippen LogP contribution in [0.4, 0.5) is 18.9 Å². The summed E-state index contributed by atoms with van der Waals surface area (Å²) in [4.78, 5) is 36.5. The van der Waals surface area contributed by atoms with Gasteiger partial charge in [-0.2, -0.15) is 13.2 Å². The van der Waals surface area contributed by atoms with Gasteiger partial charge in [0.15, 0.2) is 18.1 Å². The lowest BCUT2D eigenvalue weighted by Gasteiger charge is -2.29. The molecular weight excluding hydrogens is 409 g/mol. The zero-order valence-corrected chi connectivity index (χ0v) is 15.7. The highest BCUT2D eigenvalue weighted by Gasteiger charge is 2.36. The minimum Gasteiger partial charge on any atom is -0.455 e. The lowest BCUT2D eigenvalue weighted by molar-refractivity contribution is -0.165. The molecule has 3 rings (SSSR count). The number of nitrogens with zero attached hydrogens (tertiary/aromatic N) is 1. The molecule has 2 heterocycles. The van der Waals surface area contributed by atoms with E-state index >= 15 is 0 Å². The number of allylic oxidation sites excluding steroid dienone is 1. The Balaban J connectivity index is 1.39. The number of rotatable bonds is 6. The lowest BCUT2D eigenvalue weighted by Crippen LogP contribution is -2.35. The summed E-state index contributed by atoms with van der Waals surface area (Å²) < 4.78 is 52.0. The molecule has 0 bridgehead atoms. The van der Waals surface area contributed by atoms with Crippen molar-refractivity contribution in [1.29, 1.82) is 0 Å². The van der Waals surface area contributed by atoms with Crippen molar-refractivity contribution in [2.75, 3.05) is 31.8 Å². The van der Waals surface area contributed by atoms with Crippen LogP contribution in [-0.4, -0.2) is 55.2 Å². The van der Waals surface area contributed by atoms with Crippen LogP contribution >= 0.6 is 0 Å². The van der Waals surface area contributed by atoms with Crippen molar-refractivity contribution in [3.63, 3.8) is 0 Å². The van der Waals surface area contributed by atoms with Crippen LogP contribution in [0.15, 0.2) is 30.5 Å². The molecule has 30 heavy (non-hydrogen) atoms. The molecule has 0 atom stereocenters. The quantitative estimate of drug-likeness (QED) is 0.549. The molecule has 0 unspecified atom stereocenters. The molecule has 11 heteroatoms. The van der Waals surface area contributed by atoms with Crippen LogP contribution in [0.25, 0.3) is 0 Å². The smallest absolute Gasteiger partial charge is 0.454 e. The molecular formula is C19H19F3N2O6. The number of halogens is 3. The Morgan fingerprint density at radius 1 is 1.17 bits per heavy atom. The number of amides is 1. The third-order valence-corrected chi connectivity index (χ3v) is 4.58. The van der Waals surface area contributed by atoms with E-state index in [1.807, 2.05) is 0 Å². The zero-order chi connectivity index (χ0) is 21.7. The van der Waals surface area contributed by atoms with E-state index in [4.69, 9.17) is 14.2 Å². The summed E-state index contributed by atoms with van der Waals surface area (Å²) in [6, 6.07) is 4.86. The van der Waals surface area contributed by atoms with Crippen LogP contribution in [0.5, 0.6) is 11.5 Å². The van der Waals surface area contributed by atoms with Crippen LogP contribution in [0, 0.1) is 5.92 Å². The van der Waals surface area contributed by atoms with Gasteiger partial charge in [0.05, 0.1) is 5.92 Å². The molecule has 0 aromatic heterocycles. The number of anilines is 1. The molecule has 0 spiro atoms. The first-order valence-electron chi connectivity index (χ1n) is 9.12. The molecule has 1 fully saturated rings. The molecule has 162 valence electrons. The minimum atomic E-state index is -4.90. The second-order valence-corrected chi connectivity index (χ2v) is 6.71. The van der Waals surface area contributed by atoms with E-state index in [1.54, 1.807) is 18.2 Å². The van der Waals surface area contributed by atoms with Gasteiger partial charge in [0.1, 0.15) is 0 Å². The first kappa shape index (κ1) is 21.5. The van der Waals surface area contributed by atoms with Crippen LogP contribution in [0.1, 0.15) is 12.8 Å². The molecule has 0 radical (unpaired) electrons. The van der Waals surface area contributed by atoms with Crippen molar-refractivity contribution < 1.29 is 41.8 Å². The topological polar surface area (TPSA) is 94.2 Å². The molecule has 0 saturated carbocycles. The van der Waals surface area contributed by atoms with E-state index in [2.05, 4.69) is 5.32 Å². The van der Waals surface area contributed by atoms with Crippen LogP contribution in [-0.2, 0) is 19.1 Å². The first-order chi connectivity index (χ1) is 14.2. The number of nitrogens with one attached hydrogen (secondary N) is 1. The number of benzene rings is 1. The lowest BCUT2D eigenvalue weighted by atomic mass is 9.97. The minimum absolute atomic E-state index is 0.109. The molecule has 2 aliphatic heterocycles. The standard InChI is InChI=1S/C19H19F3N2O6/c20-19(21,22)16(25)5-8-24-6-3-12(4-7-24)18(27)28-10-17(26)23-13-1-2-14-15(9-13)30-11-29-14/h1-2,5,8-9,12H,3-4,6-7,10-11H2,(H,23,26). The van der Waals surface area contributed by atoms with E-state index in [-0.39, 0.29) is 6.79 Å². The van der Waals surface area contributed by atoms with E-state index in [1.165, 1.54) is 4.90 Å². The van der Waals surface area contributed by atoms with Crippen molar-refractivity contribution >= 4 is 23.3 Å². The molecule has 1 saturated heterocycles. The van der Waals surface area contributed by atoms with Crippen LogP contribution < -0.4 is 14.8 Å². The van der Waals surface area contributed by atoms with E-state index in [0.29, 0.717) is 49.2 Å². The van der Waals surface area contributed by atoms with E-state index < -0.39 is 36.4 Å². The summed E-state index contributed by atoms with van der Waals surface area (Å²) in [6.45, 7) is 0.237. The Hall–Kier alpha value is -3.24. The van der Waals surface area contributed by atoms with Crippen LogP contribution in [0.2, 0.25) is 0 Å². The summed E-state index contributed by atoms with van der Waals surface area (Å²) in [5.74, 6) is -2.39. The molecule has 1 N–H and O–H groups in total. The second kappa shape index (κ2) is 9.06. The second-order valence-electron chi connectivity index (χ2n) is 6.71. The number of ether oxygens (including phenoxy) is 3. The number of fused-ring (bicyclic) bond motifs is 1. The van der Waals surface area contributed by atoms with Crippen molar-refractivity contribution in [3.8, 4) is 11.5 Å². The Bertz CT molecular complexity index is 847. The molecule has 2 aliphatic rings. The molecule has 1 aromatic carbocycles. The molecule has 1 amide bonds. The predicted molar refractivity (Wildman–Crippen MR) is 96.7 cm³/mol. The normalized spacial score (nSPS) is 16.6. The van der Waals surface area contributed by atoms with Gasteiger partial charge in [-0.25, -0.2) is 0 Å². The van der Waals surface area contributed by atoms with Crippen molar-refractivity contribution in [1.82, 2.24) is 4.90 Å². The highest BCUT2D eigenvalue weighted by atomic mass is 19.4. The third-order valence-electron chi connectivity index (χ3n) is 4.58. The monoisotopic (exact) mass is 428 g/mol. The van der Waals surface area contributed by atoms with Crippen molar-refractivity contribution in [2.24, 2.45) is 5.92 Å². The fraction of sp³-hybridized carbons (Fsp3) is 0.421. The van der Waals surface area contributed by atoms with Crippen LogP contribution in [0.3, 0.4) is 0 Å². The van der Waals surface area contributed by atoms with Gasteiger partial charge in [0, 0.05) is 37.1 Å². The van der Waals surface area contributed by atoms with E-state index in [0.717, 1.165) is 6.20 Å². The SMILES string of the molecule is O=C(COC(=O)C1CCN(C=CC(=O)C(F)(F)F)CC1)Nc1ccc2c(c1)OCO2. The number of carbonyl (C=O) groups is 3. The predicted octanol–water partition coefficient (Wildman–Crippen LogP) is 2.25. The van der Waals surface area contributed by atoms with Gasteiger partial charge in [0.25, 0.3) is 11.7 Å². The Labute approximate surface area is 169 Å². The Kier molecular flexibility index (Phi) is 6.48. The number of ketones is 1. The molecule has 1 aromatic rings. The number of hydrogen-bond donors (Lipinski definition) is 1. The third kappa shape index (κ3) is 5.65. The first-order valence-corrected chi connectivity index (χ1v) is 9.12. The summed E-state index contributed by atoms with van der Waals surface area (Å²) in [5.41, 5.74) is 0.466. The fourth-order valence-electron chi connectivity index (χ4n) is 2.98. The summed E-state index contributed by atoms with van der Waals surface area (Å²) in [7, 11) is 0. The highest BCUT2D eigenvalue weighted by Crippen LogP contribution is 2.34. The number of piperidine rings is 1. The number of likely N-dealkylation sites (tertiary alicyclic amines) is 1. The van der Waals surface area contributed by atoms with Crippen molar-refractivity contribution in [3.05, 3.63) is 30.5 Å². The van der Waals surface area contributed by atoms with Gasteiger partial charge < -0.3 is 24.4 Å². The maximum atomic E-state index is 12.2. The average molecular weight is 428 g/mol. The maximum Gasteiger partial charge on any atom is 0.454 e. The van der Waals surface area contributed by atoms with Gasteiger partial charge >= 0.3 is 12.1 Å².